The van der Waals surface area contributed by atoms with E-state index in [0.29, 0.717) is 0 Å². The molecule has 4 heteroatoms. The Balaban J connectivity index is 1.03. The molecule has 0 atom stereocenters. The fourth-order valence-electron chi connectivity index (χ4n) is 10.5. The lowest BCUT2D eigenvalue weighted by atomic mass is 10.0. The van der Waals surface area contributed by atoms with E-state index >= 15 is 0 Å². The van der Waals surface area contributed by atoms with E-state index < -0.39 is 0 Å². The van der Waals surface area contributed by atoms with E-state index in [9.17, 15) is 0 Å². The summed E-state index contributed by atoms with van der Waals surface area (Å²) in [5, 5.41) is 9.52. The van der Waals surface area contributed by atoms with Crippen LogP contribution in [0.1, 0.15) is 0 Å². The van der Waals surface area contributed by atoms with E-state index in [-0.39, 0.29) is 0 Å². The van der Waals surface area contributed by atoms with Gasteiger partial charge >= 0.3 is 0 Å². The van der Waals surface area contributed by atoms with Crippen LogP contribution in [0.25, 0.3) is 59.8 Å². The molecule has 0 unspecified atom stereocenters. The molecule has 13 aromatic rings. The zero-order chi connectivity index (χ0) is 46.4. The Hall–Kier alpha value is -9.38. The molecule has 4 nitrogen and oxygen atoms in total. The van der Waals surface area contributed by atoms with Crippen LogP contribution in [0.15, 0.2) is 279 Å². The van der Waals surface area contributed by atoms with E-state index in [1.165, 1.54) is 32.3 Å². The molecule has 0 fully saturated rings. The smallest absolute Gasteiger partial charge is 0.0542 e. The van der Waals surface area contributed by atoms with Crippen molar-refractivity contribution >= 4 is 105 Å². The Kier molecular flexibility index (Phi) is 10.1. The Morgan fingerprint density at radius 3 is 0.900 bits per heavy atom. The number of fused-ring (bicyclic) bond motifs is 6. The minimum Gasteiger partial charge on any atom is -0.310 e. The van der Waals surface area contributed by atoms with E-state index in [2.05, 4.69) is 298 Å². The summed E-state index contributed by atoms with van der Waals surface area (Å²) in [5.41, 5.74) is 13.3. The fourth-order valence-corrected chi connectivity index (χ4v) is 10.5. The highest BCUT2D eigenvalue weighted by Crippen LogP contribution is 2.46. The average molecular weight is 895 g/mol. The van der Waals surface area contributed by atoms with Crippen molar-refractivity contribution in [2.45, 2.75) is 0 Å². The van der Waals surface area contributed by atoms with Gasteiger partial charge in [-0.15, -0.1) is 0 Å². The maximum absolute atomic E-state index is 2.43. The Labute approximate surface area is 407 Å². The lowest BCUT2D eigenvalue weighted by molar-refractivity contribution is 1.17. The van der Waals surface area contributed by atoms with Crippen LogP contribution < -0.4 is 14.7 Å². The molecule has 1 heterocycles. The van der Waals surface area contributed by atoms with Crippen LogP contribution in [0, 0.1) is 0 Å². The van der Waals surface area contributed by atoms with Crippen molar-refractivity contribution in [3.8, 4) is 5.69 Å². The van der Waals surface area contributed by atoms with Crippen LogP contribution in [0.4, 0.5) is 51.2 Å². The molecule has 0 bridgehead atoms. The number of rotatable bonds is 10. The number of para-hydroxylation sites is 3. The topological polar surface area (TPSA) is 14.7 Å². The molecule has 0 saturated heterocycles. The van der Waals surface area contributed by atoms with Crippen LogP contribution in [0.2, 0.25) is 0 Å². The molecule has 0 radical (unpaired) electrons. The molecule has 0 N–H and O–H groups in total. The Morgan fingerprint density at radius 1 is 0.214 bits per heavy atom. The normalized spacial score (nSPS) is 11.4. The van der Waals surface area contributed by atoms with E-state index in [1.807, 2.05) is 0 Å². The van der Waals surface area contributed by atoms with Gasteiger partial charge in [0.25, 0.3) is 0 Å². The van der Waals surface area contributed by atoms with Crippen molar-refractivity contribution in [1.82, 2.24) is 4.57 Å². The Morgan fingerprint density at radius 2 is 0.514 bits per heavy atom. The second-order valence-electron chi connectivity index (χ2n) is 17.8. The summed E-state index contributed by atoms with van der Waals surface area (Å²) < 4.78 is 2.43. The molecule has 0 aliphatic heterocycles. The number of nitrogens with zero attached hydrogens (tertiary/aromatic N) is 4. The number of hydrogen-bond donors (Lipinski definition) is 0. The van der Waals surface area contributed by atoms with Gasteiger partial charge in [0.05, 0.1) is 28.1 Å². The highest BCUT2D eigenvalue weighted by Gasteiger charge is 2.22. The van der Waals surface area contributed by atoms with Gasteiger partial charge in [0.15, 0.2) is 0 Å². The molecule has 0 aliphatic rings. The summed E-state index contributed by atoms with van der Waals surface area (Å²) in [6, 6.07) is 101. The van der Waals surface area contributed by atoms with Gasteiger partial charge in [0.1, 0.15) is 0 Å². The number of aromatic nitrogens is 1. The predicted octanol–water partition coefficient (Wildman–Crippen LogP) is 18.7. The molecular weight excluding hydrogens is 849 g/mol. The van der Waals surface area contributed by atoms with Crippen LogP contribution in [-0.2, 0) is 0 Å². The van der Waals surface area contributed by atoms with Gasteiger partial charge < -0.3 is 19.3 Å². The van der Waals surface area contributed by atoms with Crippen molar-refractivity contribution in [3.05, 3.63) is 279 Å². The van der Waals surface area contributed by atoms with Crippen LogP contribution >= 0.6 is 0 Å². The molecule has 12 aromatic carbocycles. The second-order valence-corrected chi connectivity index (χ2v) is 17.8. The lowest BCUT2D eigenvalue weighted by Crippen LogP contribution is -2.10. The molecule has 13 rings (SSSR count). The first-order chi connectivity index (χ1) is 34.7. The quantitative estimate of drug-likeness (QED) is 0.136. The van der Waals surface area contributed by atoms with Gasteiger partial charge in [-0.05, 0) is 131 Å². The van der Waals surface area contributed by atoms with Crippen molar-refractivity contribution in [2.75, 3.05) is 14.7 Å². The van der Waals surface area contributed by atoms with E-state index in [1.54, 1.807) is 0 Å². The summed E-state index contributed by atoms with van der Waals surface area (Å²) in [4.78, 5) is 7.18. The van der Waals surface area contributed by atoms with Crippen molar-refractivity contribution in [1.29, 1.82) is 0 Å². The van der Waals surface area contributed by atoms with Crippen molar-refractivity contribution in [2.24, 2.45) is 0 Å². The minimum absolute atomic E-state index is 1.08. The number of anilines is 9. The summed E-state index contributed by atoms with van der Waals surface area (Å²) in [5.74, 6) is 0. The highest BCUT2D eigenvalue weighted by atomic mass is 15.2. The molecule has 1 aromatic heterocycles. The van der Waals surface area contributed by atoms with Gasteiger partial charge in [-0.2, -0.15) is 0 Å². The first-order valence-electron chi connectivity index (χ1n) is 23.9. The first-order valence-corrected chi connectivity index (χ1v) is 23.9. The monoisotopic (exact) mass is 894 g/mol. The van der Waals surface area contributed by atoms with Crippen molar-refractivity contribution < 1.29 is 0 Å². The average Bonchev–Trinajstić information content (AvgIpc) is 3.75. The molecule has 0 aliphatic carbocycles. The maximum atomic E-state index is 2.43. The molecular formula is C66H46N4. The van der Waals surface area contributed by atoms with Gasteiger partial charge in [0.2, 0.25) is 0 Å². The van der Waals surface area contributed by atoms with Crippen molar-refractivity contribution in [3.63, 3.8) is 0 Å². The third-order valence-electron chi connectivity index (χ3n) is 13.7. The third-order valence-corrected chi connectivity index (χ3v) is 13.7. The summed E-state index contributed by atoms with van der Waals surface area (Å²) in [7, 11) is 0. The highest BCUT2D eigenvalue weighted by molar-refractivity contribution is 6.13. The number of hydrogen-bond acceptors (Lipinski definition) is 3. The SMILES string of the molecule is c1ccc(N(c2ccc(-n3c4ccc(N(c5ccccc5)c5cccc6ccccc56)cc4c4cc(N(c5ccccc5)c5cccc6ccccc56)ccc43)cc2)c2cccc3ccccc23)cc1. The largest absolute Gasteiger partial charge is 0.310 e. The molecule has 0 spiro atoms. The van der Waals surface area contributed by atoms with Crippen LogP contribution in [0.5, 0.6) is 0 Å². The fraction of sp³-hybridized carbons (Fsp3) is 0. The Bertz CT molecular complexity index is 3820. The summed E-state index contributed by atoms with van der Waals surface area (Å²) in [6.07, 6.45) is 0. The predicted molar refractivity (Wildman–Crippen MR) is 297 cm³/mol. The zero-order valence-corrected chi connectivity index (χ0v) is 38.3. The van der Waals surface area contributed by atoms with Gasteiger partial charge in [-0.3, -0.25) is 0 Å². The van der Waals surface area contributed by atoms with Gasteiger partial charge in [0, 0.05) is 66.7 Å². The molecule has 0 saturated carbocycles. The molecule has 330 valence electrons. The van der Waals surface area contributed by atoms with E-state index in [4.69, 9.17) is 0 Å². The van der Waals surface area contributed by atoms with Crippen LogP contribution in [0.3, 0.4) is 0 Å². The maximum Gasteiger partial charge on any atom is 0.0542 e. The van der Waals surface area contributed by atoms with Gasteiger partial charge in [-0.25, -0.2) is 0 Å². The van der Waals surface area contributed by atoms with Crippen LogP contribution in [-0.4, -0.2) is 4.57 Å². The number of benzene rings is 12. The van der Waals surface area contributed by atoms with E-state index in [0.717, 1.165) is 78.7 Å². The van der Waals surface area contributed by atoms with Gasteiger partial charge in [-0.1, -0.05) is 164 Å². The minimum atomic E-state index is 1.08. The summed E-state index contributed by atoms with van der Waals surface area (Å²) >= 11 is 0. The lowest BCUT2D eigenvalue weighted by Gasteiger charge is -2.27. The second kappa shape index (κ2) is 17.4. The molecule has 0 amide bonds. The first kappa shape index (κ1) is 40.9. The zero-order valence-electron chi connectivity index (χ0n) is 38.3. The summed E-state index contributed by atoms with van der Waals surface area (Å²) in [6.45, 7) is 0. The standard InChI is InChI=1S/C66H46N4/c1-4-25-50(26-5-1)67(62-34-16-22-47-19-10-13-31-57(47)62)53-37-39-54(40-38-53)70-65-43-41-55(68(51-27-6-2-7-28-51)63-35-17-23-48-20-11-14-32-58(48)63)45-60(65)61-46-56(42-44-66(61)70)69(52-29-8-3-9-30-52)64-36-18-24-49-21-12-15-33-59(49)64/h1-46H. The third kappa shape index (κ3) is 7.10. The molecule has 70 heavy (non-hydrogen) atoms.